The largest absolute Gasteiger partial charge is 0.490 e. The molecule has 2 N–H and O–H groups in total. The quantitative estimate of drug-likeness (QED) is 0.560. The zero-order valence-corrected chi connectivity index (χ0v) is 17.6. The van der Waals surface area contributed by atoms with Crippen LogP contribution in [0.25, 0.3) is 0 Å². The van der Waals surface area contributed by atoms with Crippen LogP contribution < -0.4 is 24.8 Å². The van der Waals surface area contributed by atoms with E-state index in [-0.39, 0.29) is 12.5 Å². The monoisotopic (exact) mass is 412 g/mol. The van der Waals surface area contributed by atoms with Gasteiger partial charge in [0.05, 0.1) is 13.2 Å². The van der Waals surface area contributed by atoms with Crippen molar-refractivity contribution in [3.8, 4) is 17.2 Å². The number of aliphatic imine (C=N–C) groups is 1. The highest BCUT2D eigenvalue weighted by Crippen LogP contribution is 2.32. The molecule has 3 rings (SSSR count). The van der Waals surface area contributed by atoms with E-state index in [4.69, 9.17) is 14.2 Å². The van der Waals surface area contributed by atoms with Crippen molar-refractivity contribution in [3.05, 3.63) is 48.0 Å². The zero-order chi connectivity index (χ0) is 21.3. The van der Waals surface area contributed by atoms with Gasteiger partial charge in [-0.3, -0.25) is 9.79 Å². The number of hydrogen-bond donors (Lipinski definition) is 2. The minimum atomic E-state index is -0.0849. The summed E-state index contributed by atoms with van der Waals surface area (Å²) in [6, 6.07) is 13.3. The van der Waals surface area contributed by atoms with Gasteiger partial charge in [-0.1, -0.05) is 12.1 Å². The van der Waals surface area contributed by atoms with Gasteiger partial charge in [0.1, 0.15) is 5.75 Å². The Kier molecular flexibility index (Phi) is 7.37. The minimum absolute atomic E-state index is 0.0111. The van der Waals surface area contributed by atoms with Gasteiger partial charge in [-0.05, 0) is 29.8 Å². The number of ether oxygens (including phenoxy) is 3. The van der Waals surface area contributed by atoms with Crippen LogP contribution >= 0.6 is 0 Å². The number of nitrogens with zero attached hydrogens (tertiary/aromatic N) is 2. The standard InChI is InChI=1S/C22H28N4O4/c1-23-22(25-17-8-9-19-20(13-17)29-11-5-10-28-19)24-14-16-6-4-7-18(12-16)30-15-21(27)26(2)3/h4,6-9,12-13H,5,10-11,14-15H2,1-3H3,(H2,23,24,25). The molecule has 0 atom stereocenters. The van der Waals surface area contributed by atoms with Crippen LogP contribution in [0, 0.1) is 0 Å². The predicted octanol–water partition coefficient (Wildman–Crippen LogP) is 2.50. The molecule has 8 heteroatoms. The second kappa shape index (κ2) is 10.4. The molecule has 1 amide bonds. The number of likely N-dealkylation sites (N-methyl/N-ethyl adjacent to an activating group) is 1. The van der Waals surface area contributed by atoms with Gasteiger partial charge in [-0.2, -0.15) is 0 Å². The van der Waals surface area contributed by atoms with Crippen LogP contribution in [-0.2, 0) is 11.3 Å². The Morgan fingerprint density at radius 3 is 2.70 bits per heavy atom. The third kappa shape index (κ3) is 6.04. The molecule has 0 unspecified atom stereocenters. The van der Waals surface area contributed by atoms with Gasteiger partial charge in [-0.25, -0.2) is 0 Å². The van der Waals surface area contributed by atoms with Crippen molar-refractivity contribution in [2.75, 3.05) is 46.3 Å². The van der Waals surface area contributed by atoms with E-state index < -0.39 is 0 Å². The first kappa shape index (κ1) is 21.3. The van der Waals surface area contributed by atoms with Crippen LogP contribution in [-0.4, -0.2) is 57.7 Å². The molecule has 0 spiro atoms. The second-order valence-corrected chi connectivity index (χ2v) is 6.99. The Hall–Kier alpha value is -3.42. The molecule has 1 aliphatic heterocycles. The Bertz CT molecular complexity index is 898. The Labute approximate surface area is 176 Å². The van der Waals surface area contributed by atoms with Crippen LogP contribution in [0.4, 0.5) is 5.69 Å². The van der Waals surface area contributed by atoms with Crippen molar-refractivity contribution in [1.29, 1.82) is 0 Å². The lowest BCUT2D eigenvalue weighted by atomic mass is 10.2. The smallest absolute Gasteiger partial charge is 0.259 e. The van der Waals surface area contributed by atoms with Crippen LogP contribution in [0.3, 0.4) is 0 Å². The van der Waals surface area contributed by atoms with Gasteiger partial charge in [0.15, 0.2) is 24.1 Å². The molecule has 0 fully saturated rings. The molecule has 1 aliphatic rings. The fourth-order valence-electron chi connectivity index (χ4n) is 2.76. The van der Waals surface area contributed by atoms with Crippen LogP contribution in [0.1, 0.15) is 12.0 Å². The van der Waals surface area contributed by atoms with Crippen LogP contribution in [0.5, 0.6) is 17.2 Å². The highest BCUT2D eigenvalue weighted by Gasteiger charge is 2.11. The van der Waals surface area contributed by atoms with Crippen molar-refractivity contribution < 1.29 is 19.0 Å². The lowest BCUT2D eigenvalue weighted by molar-refractivity contribution is -0.130. The predicted molar refractivity (Wildman–Crippen MR) is 117 cm³/mol. The van der Waals surface area contributed by atoms with Crippen molar-refractivity contribution in [2.45, 2.75) is 13.0 Å². The number of guanidine groups is 1. The summed E-state index contributed by atoms with van der Waals surface area (Å²) in [7, 11) is 5.12. The third-order valence-electron chi connectivity index (χ3n) is 4.45. The molecule has 1 heterocycles. The van der Waals surface area contributed by atoms with E-state index in [1.54, 1.807) is 21.1 Å². The maximum Gasteiger partial charge on any atom is 0.259 e. The molecular weight excluding hydrogens is 384 g/mol. The van der Waals surface area contributed by atoms with Gasteiger partial charge >= 0.3 is 0 Å². The molecule has 0 aromatic heterocycles. The van der Waals surface area contributed by atoms with E-state index in [1.807, 2.05) is 42.5 Å². The molecule has 30 heavy (non-hydrogen) atoms. The van der Waals surface area contributed by atoms with Gasteiger partial charge in [0.2, 0.25) is 0 Å². The molecule has 160 valence electrons. The van der Waals surface area contributed by atoms with E-state index in [9.17, 15) is 4.79 Å². The summed E-state index contributed by atoms with van der Waals surface area (Å²) >= 11 is 0. The first-order valence-corrected chi connectivity index (χ1v) is 9.84. The third-order valence-corrected chi connectivity index (χ3v) is 4.45. The van der Waals surface area contributed by atoms with Crippen LogP contribution in [0.15, 0.2) is 47.5 Å². The van der Waals surface area contributed by atoms with E-state index >= 15 is 0 Å². The number of rotatable bonds is 6. The van der Waals surface area contributed by atoms with Gasteiger partial charge < -0.3 is 29.7 Å². The first-order chi connectivity index (χ1) is 14.5. The van der Waals surface area contributed by atoms with E-state index in [0.29, 0.717) is 31.5 Å². The highest BCUT2D eigenvalue weighted by atomic mass is 16.5. The van der Waals surface area contributed by atoms with Crippen LogP contribution in [0.2, 0.25) is 0 Å². The van der Waals surface area contributed by atoms with Crippen molar-refractivity contribution in [1.82, 2.24) is 10.2 Å². The number of carbonyl (C=O) groups excluding carboxylic acids is 1. The summed E-state index contributed by atoms with van der Waals surface area (Å²) in [6.07, 6.45) is 0.868. The number of nitrogens with one attached hydrogen (secondary N) is 2. The number of carbonyl (C=O) groups is 1. The molecule has 2 aromatic rings. The maximum absolute atomic E-state index is 11.7. The SMILES string of the molecule is CN=C(NCc1cccc(OCC(=O)N(C)C)c1)Nc1ccc2c(c1)OCCCO2. The van der Waals surface area contributed by atoms with E-state index in [1.165, 1.54) is 4.90 Å². The second-order valence-electron chi connectivity index (χ2n) is 6.99. The Morgan fingerprint density at radius 2 is 1.93 bits per heavy atom. The Balaban J connectivity index is 1.56. The van der Waals surface area contributed by atoms with Crippen molar-refractivity contribution in [3.63, 3.8) is 0 Å². The molecule has 0 bridgehead atoms. The Morgan fingerprint density at radius 1 is 1.13 bits per heavy atom. The molecule has 2 aromatic carbocycles. The van der Waals surface area contributed by atoms with Gasteiger partial charge in [0, 0.05) is 45.9 Å². The normalized spacial score (nSPS) is 13.2. The highest BCUT2D eigenvalue weighted by molar-refractivity contribution is 5.93. The summed E-state index contributed by atoms with van der Waals surface area (Å²) in [4.78, 5) is 17.5. The summed E-state index contributed by atoms with van der Waals surface area (Å²) in [5.41, 5.74) is 1.86. The molecule has 0 radical (unpaired) electrons. The topological polar surface area (TPSA) is 84.4 Å². The maximum atomic E-state index is 11.7. The molecular formula is C22H28N4O4. The fraction of sp³-hybridized carbons (Fsp3) is 0.364. The molecule has 8 nitrogen and oxygen atoms in total. The lowest BCUT2D eigenvalue weighted by Gasteiger charge is -2.15. The summed E-state index contributed by atoms with van der Waals surface area (Å²) in [5, 5.41) is 6.53. The van der Waals surface area contributed by atoms with E-state index in [0.717, 1.165) is 29.2 Å². The fourth-order valence-corrected chi connectivity index (χ4v) is 2.76. The molecule has 0 saturated heterocycles. The lowest BCUT2D eigenvalue weighted by Crippen LogP contribution is -2.30. The average Bonchev–Trinajstić information content (AvgIpc) is 3.00. The summed E-state index contributed by atoms with van der Waals surface area (Å²) in [5.74, 6) is 2.67. The number of amides is 1. The summed E-state index contributed by atoms with van der Waals surface area (Å²) < 4.78 is 17.0. The number of anilines is 1. The number of benzene rings is 2. The van der Waals surface area contributed by atoms with Crippen molar-refractivity contribution in [2.24, 2.45) is 4.99 Å². The minimum Gasteiger partial charge on any atom is -0.490 e. The summed E-state index contributed by atoms with van der Waals surface area (Å²) in [6.45, 7) is 1.86. The van der Waals surface area contributed by atoms with Crippen molar-refractivity contribution >= 4 is 17.6 Å². The molecule has 0 aliphatic carbocycles. The average molecular weight is 412 g/mol. The number of hydrogen-bond acceptors (Lipinski definition) is 5. The van der Waals surface area contributed by atoms with Gasteiger partial charge in [0.25, 0.3) is 5.91 Å². The number of fused-ring (bicyclic) bond motifs is 1. The molecule has 0 saturated carbocycles. The zero-order valence-electron chi connectivity index (χ0n) is 17.6. The first-order valence-electron chi connectivity index (χ1n) is 9.84. The van der Waals surface area contributed by atoms with Gasteiger partial charge in [-0.15, -0.1) is 0 Å². The van der Waals surface area contributed by atoms with E-state index in [2.05, 4.69) is 15.6 Å².